The highest BCUT2D eigenvalue weighted by Crippen LogP contribution is 2.42. The van der Waals surface area contributed by atoms with Crippen molar-refractivity contribution >= 4 is 34.7 Å². The van der Waals surface area contributed by atoms with Crippen molar-refractivity contribution in [1.29, 1.82) is 0 Å². The number of alkyl halides is 1. The fourth-order valence-corrected chi connectivity index (χ4v) is 4.26. The molecule has 0 N–H and O–H groups in total. The van der Waals surface area contributed by atoms with Gasteiger partial charge in [0.25, 0.3) is 0 Å². The Hall–Kier alpha value is -1.31. The largest absolute Gasteiger partial charge is 0.444 e. The Bertz CT molecular complexity index is 565. The average molecular weight is 415 g/mol. The summed E-state index contributed by atoms with van der Waals surface area (Å²) in [5.41, 5.74) is 0.125. The van der Waals surface area contributed by atoms with E-state index in [9.17, 15) is 9.59 Å². The summed E-state index contributed by atoms with van der Waals surface area (Å²) in [5, 5.41) is 0. The Morgan fingerprint density at radius 2 is 2.18 bits per heavy atom. The number of amides is 1. The van der Waals surface area contributed by atoms with Gasteiger partial charge in [0.2, 0.25) is 5.72 Å². The maximum absolute atomic E-state index is 12.5. The van der Waals surface area contributed by atoms with Gasteiger partial charge >= 0.3 is 12.1 Å². The number of carbonyl (C=O) groups excluding carboxylic acids is 2. The molecular formula is C16H18INO4. The van der Waals surface area contributed by atoms with Crippen LogP contribution in [-0.4, -0.2) is 33.2 Å². The molecular weight excluding hydrogens is 397 g/mol. The lowest BCUT2D eigenvalue weighted by Crippen LogP contribution is -2.60. The van der Waals surface area contributed by atoms with Crippen molar-refractivity contribution in [2.75, 3.05) is 6.54 Å². The summed E-state index contributed by atoms with van der Waals surface area (Å²) in [6.45, 7) is 0.798. The van der Waals surface area contributed by atoms with Crippen LogP contribution in [0.4, 0.5) is 4.79 Å². The van der Waals surface area contributed by atoms with E-state index >= 15 is 0 Å². The van der Waals surface area contributed by atoms with Crippen LogP contribution >= 0.6 is 22.6 Å². The SMILES string of the molecule is O=C1CC[C@@]2(O1)[C@H](I)CCCN2C(=O)OCc1ccccc1. The molecule has 22 heavy (non-hydrogen) atoms. The molecule has 0 unspecified atom stereocenters. The van der Waals surface area contributed by atoms with Crippen LogP contribution in [0.3, 0.4) is 0 Å². The Morgan fingerprint density at radius 3 is 2.86 bits per heavy atom. The number of halogens is 1. The van der Waals surface area contributed by atoms with Crippen LogP contribution in [0, 0.1) is 0 Å². The molecule has 6 heteroatoms. The van der Waals surface area contributed by atoms with Gasteiger partial charge < -0.3 is 9.47 Å². The van der Waals surface area contributed by atoms with E-state index in [-0.39, 0.29) is 16.5 Å². The van der Waals surface area contributed by atoms with E-state index in [2.05, 4.69) is 22.6 Å². The van der Waals surface area contributed by atoms with E-state index in [4.69, 9.17) is 9.47 Å². The van der Waals surface area contributed by atoms with Gasteiger partial charge in [0.1, 0.15) is 6.61 Å². The van der Waals surface area contributed by atoms with E-state index in [1.54, 1.807) is 4.90 Å². The van der Waals surface area contributed by atoms with Crippen molar-refractivity contribution in [3.8, 4) is 0 Å². The molecule has 5 nitrogen and oxygen atoms in total. The Labute approximate surface area is 143 Å². The van der Waals surface area contributed by atoms with Gasteiger partial charge in [0.15, 0.2) is 0 Å². The summed E-state index contributed by atoms with van der Waals surface area (Å²) in [7, 11) is 0. The number of esters is 1. The molecule has 0 bridgehead atoms. The van der Waals surface area contributed by atoms with Crippen LogP contribution in [0.1, 0.15) is 31.2 Å². The zero-order chi connectivity index (χ0) is 15.6. The van der Waals surface area contributed by atoms with E-state index in [1.165, 1.54) is 0 Å². The fraction of sp³-hybridized carbons (Fsp3) is 0.500. The summed E-state index contributed by atoms with van der Waals surface area (Å²) >= 11 is 2.28. The highest BCUT2D eigenvalue weighted by atomic mass is 127. The Kier molecular flexibility index (Phi) is 4.56. The molecule has 2 aliphatic rings. The molecule has 0 radical (unpaired) electrons. The molecule has 118 valence electrons. The predicted octanol–water partition coefficient (Wildman–Crippen LogP) is 3.26. The summed E-state index contributed by atoms with van der Waals surface area (Å²) in [6.07, 6.45) is 2.35. The number of hydrogen-bond acceptors (Lipinski definition) is 4. The number of carbonyl (C=O) groups is 2. The molecule has 1 spiro atoms. The van der Waals surface area contributed by atoms with E-state index in [1.807, 2.05) is 30.3 Å². The summed E-state index contributed by atoms with van der Waals surface area (Å²) in [6, 6.07) is 9.56. The van der Waals surface area contributed by atoms with Crippen molar-refractivity contribution in [1.82, 2.24) is 4.90 Å². The summed E-state index contributed by atoms with van der Waals surface area (Å²) < 4.78 is 11.1. The number of rotatable bonds is 2. The van der Waals surface area contributed by atoms with Gasteiger partial charge in [-0.1, -0.05) is 52.9 Å². The zero-order valence-electron chi connectivity index (χ0n) is 12.2. The first-order valence-corrected chi connectivity index (χ1v) is 8.70. The van der Waals surface area contributed by atoms with Crippen molar-refractivity contribution in [3.63, 3.8) is 0 Å². The number of benzene rings is 1. The lowest BCUT2D eigenvalue weighted by Gasteiger charge is -2.45. The maximum Gasteiger partial charge on any atom is 0.413 e. The summed E-state index contributed by atoms with van der Waals surface area (Å²) in [5.74, 6) is -0.232. The molecule has 1 aromatic rings. The maximum atomic E-state index is 12.5. The molecule has 0 aromatic heterocycles. The lowest BCUT2D eigenvalue weighted by molar-refractivity contribution is -0.167. The van der Waals surface area contributed by atoms with Gasteiger partial charge in [-0.05, 0) is 18.4 Å². The molecule has 2 fully saturated rings. The van der Waals surface area contributed by atoms with Crippen LogP contribution in [0.2, 0.25) is 0 Å². The molecule has 1 aromatic carbocycles. The van der Waals surface area contributed by atoms with Gasteiger partial charge in [-0.25, -0.2) is 4.79 Å². The number of piperidine rings is 1. The first-order valence-electron chi connectivity index (χ1n) is 7.46. The zero-order valence-corrected chi connectivity index (χ0v) is 14.3. The molecule has 2 atom stereocenters. The summed E-state index contributed by atoms with van der Waals surface area (Å²) in [4.78, 5) is 25.7. The lowest BCUT2D eigenvalue weighted by atomic mass is 9.96. The van der Waals surface area contributed by atoms with Crippen molar-refractivity contribution in [2.24, 2.45) is 0 Å². The van der Waals surface area contributed by atoms with Crippen molar-refractivity contribution in [2.45, 2.75) is 41.9 Å². The van der Waals surface area contributed by atoms with E-state index in [0.29, 0.717) is 19.4 Å². The van der Waals surface area contributed by atoms with Crippen molar-refractivity contribution in [3.05, 3.63) is 35.9 Å². The standard InChI is InChI=1S/C16H18INO4/c17-13-7-4-10-18(16(13)9-8-14(19)22-16)15(20)21-11-12-5-2-1-3-6-12/h1-3,5-6,13H,4,7-11H2/t13-,16-/m1/s1. The van der Waals surface area contributed by atoms with Crippen LogP contribution in [0.5, 0.6) is 0 Å². The van der Waals surface area contributed by atoms with Gasteiger partial charge in [0.05, 0.1) is 10.3 Å². The predicted molar refractivity (Wildman–Crippen MR) is 88.4 cm³/mol. The van der Waals surface area contributed by atoms with Gasteiger partial charge in [-0.2, -0.15) is 0 Å². The number of nitrogens with zero attached hydrogens (tertiary/aromatic N) is 1. The van der Waals surface area contributed by atoms with Crippen LogP contribution in [-0.2, 0) is 20.9 Å². The Balaban J connectivity index is 1.71. The van der Waals surface area contributed by atoms with Gasteiger partial charge in [0, 0.05) is 13.0 Å². The van der Waals surface area contributed by atoms with Crippen LogP contribution in [0.15, 0.2) is 30.3 Å². The number of hydrogen-bond donors (Lipinski definition) is 0. The third-order valence-corrected chi connectivity index (χ3v) is 5.79. The molecule has 1 amide bonds. The topological polar surface area (TPSA) is 55.8 Å². The second-order valence-electron chi connectivity index (χ2n) is 5.62. The molecule has 0 aliphatic carbocycles. The Morgan fingerprint density at radius 1 is 1.41 bits per heavy atom. The average Bonchev–Trinajstić information content (AvgIpc) is 2.91. The smallest absolute Gasteiger partial charge is 0.413 e. The normalized spacial score (nSPS) is 27.8. The minimum Gasteiger partial charge on any atom is -0.444 e. The molecule has 2 saturated heterocycles. The quantitative estimate of drug-likeness (QED) is 0.423. The second-order valence-corrected chi connectivity index (χ2v) is 7.12. The van der Waals surface area contributed by atoms with Crippen molar-refractivity contribution < 1.29 is 19.1 Å². The fourth-order valence-electron chi connectivity index (χ4n) is 3.05. The van der Waals surface area contributed by atoms with E-state index < -0.39 is 11.8 Å². The number of ether oxygens (including phenoxy) is 2. The molecule has 0 saturated carbocycles. The highest BCUT2D eigenvalue weighted by Gasteiger charge is 2.54. The minimum atomic E-state index is -0.816. The second kappa shape index (κ2) is 6.44. The third kappa shape index (κ3) is 2.93. The first-order chi connectivity index (χ1) is 10.6. The van der Waals surface area contributed by atoms with E-state index in [0.717, 1.165) is 18.4 Å². The molecule has 2 heterocycles. The van der Waals surface area contributed by atoms with Gasteiger partial charge in [-0.15, -0.1) is 0 Å². The van der Waals surface area contributed by atoms with Gasteiger partial charge in [-0.3, -0.25) is 9.69 Å². The molecule has 2 aliphatic heterocycles. The third-order valence-electron chi connectivity index (χ3n) is 4.19. The monoisotopic (exact) mass is 415 g/mol. The highest BCUT2D eigenvalue weighted by molar-refractivity contribution is 14.1. The molecule has 3 rings (SSSR count). The number of likely N-dealkylation sites (tertiary alicyclic amines) is 1. The van der Waals surface area contributed by atoms with Crippen LogP contribution < -0.4 is 0 Å². The first kappa shape index (κ1) is 15.6. The van der Waals surface area contributed by atoms with Crippen LogP contribution in [0.25, 0.3) is 0 Å². The minimum absolute atomic E-state index is 0.106.